The number of nitrogens with one attached hydrogen (secondary N) is 2. The summed E-state index contributed by atoms with van der Waals surface area (Å²) in [6, 6.07) is 5.28. The molecule has 1 saturated carbocycles. The molecule has 0 aliphatic heterocycles. The number of aliphatic hydroxyl groups excluding tert-OH is 1. The lowest BCUT2D eigenvalue weighted by Gasteiger charge is -2.25. The molecule has 0 saturated heterocycles. The zero-order valence-corrected chi connectivity index (χ0v) is 12.9. The summed E-state index contributed by atoms with van der Waals surface area (Å²) in [5.41, 5.74) is -0.138. The Kier molecular flexibility index (Phi) is 5.82. The number of aliphatic hydroxyl groups is 1. The van der Waals surface area contributed by atoms with Gasteiger partial charge in [-0.1, -0.05) is 18.2 Å². The predicted molar refractivity (Wildman–Crippen MR) is 81.2 cm³/mol. The van der Waals surface area contributed by atoms with Crippen molar-refractivity contribution >= 4 is 17.5 Å². The zero-order chi connectivity index (χ0) is 17.7. The fourth-order valence-corrected chi connectivity index (χ4v) is 2.66. The maximum atomic E-state index is 12.5. The fraction of sp³-hybridized carbons (Fsp3) is 0.500. The maximum Gasteiger partial charge on any atom is 0.393 e. The molecule has 2 amide bonds. The zero-order valence-electron chi connectivity index (χ0n) is 12.9. The lowest BCUT2D eigenvalue weighted by Crippen LogP contribution is -2.44. The highest BCUT2D eigenvalue weighted by Gasteiger charge is 2.29. The van der Waals surface area contributed by atoms with Crippen LogP contribution in [0.5, 0.6) is 0 Å². The molecule has 0 spiro atoms. The Morgan fingerprint density at radius 3 is 2.33 bits per heavy atom. The Bertz CT molecular complexity index is 596. The standard InChI is InChI=1S/C16H19F3N2O3/c17-16(18,19)9-10-3-1-2-4-13(10)21-15(24)14(23)20-11-5-7-12(22)8-6-11/h1-4,11-12,22H,5-9H2,(H,20,23)(H,21,24). The largest absolute Gasteiger partial charge is 0.393 e. The summed E-state index contributed by atoms with van der Waals surface area (Å²) in [4.78, 5) is 23.8. The van der Waals surface area contributed by atoms with Crippen molar-refractivity contribution in [3.8, 4) is 0 Å². The highest BCUT2D eigenvalue weighted by atomic mass is 19.4. The van der Waals surface area contributed by atoms with Crippen LogP contribution in [0.15, 0.2) is 24.3 Å². The van der Waals surface area contributed by atoms with Crippen LogP contribution in [0.1, 0.15) is 31.2 Å². The predicted octanol–water partition coefficient (Wildman–Crippen LogP) is 2.15. The number of hydrogen-bond donors (Lipinski definition) is 3. The Hall–Kier alpha value is -2.09. The Balaban J connectivity index is 1.95. The molecule has 5 nitrogen and oxygen atoms in total. The third-order valence-electron chi connectivity index (χ3n) is 3.89. The number of halogens is 3. The second-order valence-corrected chi connectivity index (χ2v) is 5.88. The summed E-state index contributed by atoms with van der Waals surface area (Å²) in [5, 5.41) is 14.2. The van der Waals surface area contributed by atoms with Gasteiger partial charge in [0.2, 0.25) is 0 Å². The van der Waals surface area contributed by atoms with Gasteiger partial charge in [-0.2, -0.15) is 13.2 Å². The van der Waals surface area contributed by atoms with E-state index in [1.807, 2.05) is 0 Å². The van der Waals surface area contributed by atoms with Gasteiger partial charge in [0, 0.05) is 11.7 Å². The highest BCUT2D eigenvalue weighted by Crippen LogP contribution is 2.26. The molecule has 3 N–H and O–H groups in total. The van der Waals surface area contributed by atoms with Crippen LogP contribution in [0.2, 0.25) is 0 Å². The Morgan fingerprint density at radius 2 is 1.71 bits per heavy atom. The number of alkyl halides is 3. The maximum absolute atomic E-state index is 12.5. The molecule has 2 rings (SSSR count). The minimum absolute atomic E-state index is 0.0333. The van der Waals surface area contributed by atoms with E-state index in [0.29, 0.717) is 25.7 Å². The minimum Gasteiger partial charge on any atom is -0.393 e. The second-order valence-electron chi connectivity index (χ2n) is 5.88. The molecule has 1 aromatic carbocycles. The second kappa shape index (κ2) is 7.65. The molecule has 0 heterocycles. The van der Waals surface area contributed by atoms with Crippen molar-refractivity contribution in [2.45, 2.75) is 50.4 Å². The molecule has 1 aliphatic carbocycles. The lowest BCUT2D eigenvalue weighted by atomic mass is 9.93. The monoisotopic (exact) mass is 344 g/mol. The van der Waals surface area contributed by atoms with E-state index in [1.54, 1.807) is 0 Å². The quantitative estimate of drug-likeness (QED) is 0.735. The number of para-hydroxylation sites is 1. The molecule has 0 atom stereocenters. The Morgan fingerprint density at radius 1 is 1.08 bits per heavy atom. The van der Waals surface area contributed by atoms with Crippen LogP contribution < -0.4 is 10.6 Å². The number of benzene rings is 1. The van der Waals surface area contributed by atoms with E-state index >= 15 is 0 Å². The molecule has 1 aliphatic rings. The van der Waals surface area contributed by atoms with E-state index in [2.05, 4.69) is 10.6 Å². The summed E-state index contributed by atoms with van der Waals surface area (Å²) in [6.45, 7) is 0. The van der Waals surface area contributed by atoms with E-state index in [-0.39, 0.29) is 23.4 Å². The molecule has 8 heteroatoms. The summed E-state index contributed by atoms with van der Waals surface area (Å²) in [5.74, 6) is -1.89. The molecule has 0 radical (unpaired) electrons. The van der Waals surface area contributed by atoms with Crippen molar-refractivity contribution in [2.75, 3.05) is 5.32 Å². The van der Waals surface area contributed by atoms with Crippen LogP contribution in [-0.2, 0) is 16.0 Å². The molecule has 24 heavy (non-hydrogen) atoms. The number of carbonyl (C=O) groups excluding carboxylic acids is 2. The van der Waals surface area contributed by atoms with Gasteiger partial charge < -0.3 is 15.7 Å². The molecule has 1 aromatic rings. The van der Waals surface area contributed by atoms with Gasteiger partial charge in [0.05, 0.1) is 12.5 Å². The van der Waals surface area contributed by atoms with Crippen LogP contribution >= 0.6 is 0 Å². The van der Waals surface area contributed by atoms with Crippen LogP contribution in [-0.4, -0.2) is 35.2 Å². The number of hydrogen-bond acceptors (Lipinski definition) is 3. The first-order chi connectivity index (χ1) is 11.2. The van der Waals surface area contributed by atoms with Crippen LogP contribution in [0, 0.1) is 0 Å². The van der Waals surface area contributed by atoms with E-state index in [4.69, 9.17) is 0 Å². The first-order valence-corrected chi connectivity index (χ1v) is 7.69. The molecular formula is C16H19F3N2O3. The molecule has 0 unspecified atom stereocenters. The van der Waals surface area contributed by atoms with Gasteiger partial charge in [0.1, 0.15) is 0 Å². The summed E-state index contributed by atoms with van der Waals surface area (Å²) < 4.78 is 37.6. The van der Waals surface area contributed by atoms with E-state index < -0.39 is 24.4 Å². The molecule has 0 bridgehead atoms. The average molecular weight is 344 g/mol. The lowest BCUT2D eigenvalue weighted by molar-refractivity contribution is -0.136. The third-order valence-corrected chi connectivity index (χ3v) is 3.89. The normalized spacial score (nSPS) is 21.2. The molecular weight excluding hydrogens is 325 g/mol. The molecule has 1 fully saturated rings. The Labute approximate surface area is 137 Å². The van der Waals surface area contributed by atoms with Gasteiger partial charge in [-0.05, 0) is 37.3 Å². The molecule has 132 valence electrons. The first-order valence-electron chi connectivity index (χ1n) is 7.69. The highest BCUT2D eigenvalue weighted by molar-refractivity contribution is 6.39. The van der Waals surface area contributed by atoms with Gasteiger partial charge in [-0.15, -0.1) is 0 Å². The summed E-state index contributed by atoms with van der Waals surface area (Å²) in [6.07, 6.45) is -3.78. The van der Waals surface area contributed by atoms with Crippen molar-refractivity contribution < 1.29 is 27.9 Å². The van der Waals surface area contributed by atoms with Gasteiger partial charge >= 0.3 is 18.0 Å². The van der Waals surface area contributed by atoms with Crippen molar-refractivity contribution in [1.82, 2.24) is 5.32 Å². The summed E-state index contributed by atoms with van der Waals surface area (Å²) >= 11 is 0. The van der Waals surface area contributed by atoms with Gasteiger partial charge in [0.25, 0.3) is 0 Å². The topological polar surface area (TPSA) is 78.4 Å². The summed E-state index contributed by atoms with van der Waals surface area (Å²) in [7, 11) is 0. The SMILES string of the molecule is O=C(Nc1ccccc1CC(F)(F)F)C(=O)NC1CCC(O)CC1. The van der Waals surface area contributed by atoms with Crippen LogP contribution in [0.4, 0.5) is 18.9 Å². The fourth-order valence-electron chi connectivity index (χ4n) is 2.66. The number of anilines is 1. The number of rotatable bonds is 3. The number of carbonyl (C=O) groups is 2. The van der Waals surface area contributed by atoms with E-state index in [9.17, 15) is 27.9 Å². The van der Waals surface area contributed by atoms with Crippen LogP contribution in [0.3, 0.4) is 0 Å². The van der Waals surface area contributed by atoms with Gasteiger partial charge in [0.15, 0.2) is 0 Å². The average Bonchev–Trinajstić information content (AvgIpc) is 2.50. The molecule has 0 aromatic heterocycles. The number of amides is 2. The van der Waals surface area contributed by atoms with Crippen molar-refractivity contribution in [3.63, 3.8) is 0 Å². The van der Waals surface area contributed by atoms with E-state index in [1.165, 1.54) is 24.3 Å². The van der Waals surface area contributed by atoms with Crippen molar-refractivity contribution in [2.24, 2.45) is 0 Å². The first kappa shape index (κ1) is 18.3. The van der Waals surface area contributed by atoms with Gasteiger partial charge in [-0.3, -0.25) is 9.59 Å². The van der Waals surface area contributed by atoms with Crippen LogP contribution in [0.25, 0.3) is 0 Å². The minimum atomic E-state index is -4.41. The van der Waals surface area contributed by atoms with Crippen molar-refractivity contribution in [1.29, 1.82) is 0 Å². The van der Waals surface area contributed by atoms with Crippen molar-refractivity contribution in [3.05, 3.63) is 29.8 Å². The third kappa shape index (κ3) is 5.52. The smallest absolute Gasteiger partial charge is 0.393 e. The van der Waals surface area contributed by atoms with E-state index in [0.717, 1.165) is 0 Å². The van der Waals surface area contributed by atoms with Gasteiger partial charge in [-0.25, -0.2) is 0 Å².